The summed E-state index contributed by atoms with van der Waals surface area (Å²) >= 11 is 0. The molecule has 2 saturated heterocycles. The number of carbonyl (C=O) groups is 1. The summed E-state index contributed by atoms with van der Waals surface area (Å²) in [7, 11) is 4.10. The number of carbonyl (C=O) groups excluding carboxylic acids is 1. The zero-order chi connectivity index (χ0) is 20.4. The average Bonchev–Trinajstić information content (AvgIpc) is 2.93. The van der Waals surface area contributed by atoms with Crippen LogP contribution in [0.5, 0.6) is 11.5 Å². The first kappa shape index (κ1) is 19.3. The average molecular weight is 390 g/mol. The van der Waals surface area contributed by atoms with Crippen LogP contribution in [-0.2, 0) is 0 Å². The van der Waals surface area contributed by atoms with Crippen molar-refractivity contribution in [1.82, 2.24) is 9.80 Å². The van der Waals surface area contributed by atoms with Crippen LogP contribution >= 0.6 is 0 Å². The monoisotopic (exact) mass is 390 g/mol. The molecule has 2 aromatic carbocycles. The lowest BCUT2D eigenvalue weighted by Gasteiger charge is -2.40. The van der Waals surface area contributed by atoms with Gasteiger partial charge in [0.15, 0.2) is 0 Å². The number of amides is 2. The maximum atomic E-state index is 12.8. The van der Waals surface area contributed by atoms with Crippen molar-refractivity contribution < 1.29 is 9.53 Å². The number of ether oxygens (including phenoxy) is 1. The zero-order valence-corrected chi connectivity index (χ0v) is 16.8. The summed E-state index contributed by atoms with van der Waals surface area (Å²) in [5.41, 5.74) is 1.28. The molecule has 2 aromatic rings. The summed E-state index contributed by atoms with van der Waals surface area (Å²) < 4.78 is 5.85. The minimum atomic E-state index is -0.0884. The van der Waals surface area contributed by atoms with E-state index in [2.05, 4.69) is 23.3 Å². The molecule has 2 aliphatic rings. The van der Waals surface area contributed by atoms with Crippen LogP contribution in [0.15, 0.2) is 48.5 Å². The van der Waals surface area contributed by atoms with Gasteiger partial charge >= 0.3 is 6.03 Å². The lowest BCUT2D eigenvalue weighted by atomic mass is 9.97. The molecule has 2 heterocycles. The van der Waals surface area contributed by atoms with Crippen LogP contribution in [0.3, 0.4) is 0 Å². The summed E-state index contributed by atoms with van der Waals surface area (Å²) in [6, 6.07) is 17.8. The van der Waals surface area contributed by atoms with Crippen LogP contribution in [0.1, 0.15) is 31.2 Å². The predicted molar refractivity (Wildman–Crippen MR) is 112 cm³/mol. The van der Waals surface area contributed by atoms with Crippen molar-refractivity contribution in [2.75, 3.05) is 19.4 Å². The highest BCUT2D eigenvalue weighted by Gasteiger charge is 2.40. The largest absolute Gasteiger partial charge is 0.457 e. The number of urea groups is 1. The van der Waals surface area contributed by atoms with E-state index < -0.39 is 0 Å². The first-order valence-corrected chi connectivity index (χ1v) is 10.1. The van der Waals surface area contributed by atoms with Gasteiger partial charge in [-0.05, 0) is 69.1 Å². The van der Waals surface area contributed by atoms with Gasteiger partial charge in [0.2, 0.25) is 0 Å². The molecule has 6 nitrogen and oxygen atoms in total. The van der Waals surface area contributed by atoms with Gasteiger partial charge < -0.3 is 19.9 Å². The Bertz CT molecular complexity index is 907. The van der Waals surface area contributed by atoms with E-state index >= 15 is 0 Å². The minimum Gasteiger partial charge on any atom is -0.457 e. The minimum absolute atomic E-state index is 0.0884. The molecule has 0 aliphatic carbocycles. The highest BCUT2D eigenvalue weighted by molar-refractivity contribution is 5.89. The Hall–Kier alpha value is -3.04. The number of nitrogens with zero attached hydrogens (tertiary/aromatic N) is 3. The van der Waals surface area contributed by atoms with Gasteiger partial charge in [-0.3, -0.25) is 0 Å². The molecule has 29 heavy (non-hydrogen) atoms. The summed E-state index contributed by atoms with van der Waals surface area (Å²) in [6.45, 7) is 0. The normalized spacial score (nSPS) is 23.3. The summed E-state index contributed by atoms with van der Waals surface area (Å²) in [5.74, 6) is 1.28. The smallest absolute Gasteiger partial charge is 0.321 e. The van der Waals surface area contributed by atoms with Gasteiger partial charge in [-0.25, -0.2) is 4.79 Å². The number of anilines is 1. The molecule has 4 rings (SSSR count). The van der Waals surface area contributed by atoms with Crippen molar-refractivity contribution in [2.45, 2.75) is 43.8 Å². The zero-order valence-electron chi connectivity index (χ0n) is 16.8. The maximum Gasteiger partial charge on any atom is 0.321 e. The maximum absolute atomic E-state index is 12.8. The van der Waals surface area contributed by atoms with Crippen LogP contribution in [0.4, 0.5) is 10.5 Å². The molecule has 2 fully saturated rings. The van der Waals surface area contributed by atoms with Gasteiger partial charge in [-0.15, -0.1) is 0 Å². The fourth-order valence-corrected chi connectivity index (χ4v) is 4.45. The first-order valence-electron chi connectivity index (χ1n) is 10.1. The molecule has 2 bridgehead atoms. The molecular weight excluding hydrogens is 364 g/mol. The summed E-state index contributed by atoms with van der Waals surface area (Å²) in [5, 5.41) is 11.9. The molecule has 0 radical (unpaired) electrons. The van der Waals surface area contributed by atoms with Gasteiger partial charge in [-0.2, -0.15) is 5.26 Å². The molecule has 2 unspecified atom stereocenters. The molecule has 0 spiro atoms. The number of hydrogen-bond acceptors (Lipinski definition) is 4. The third kappa shape index (κ3) is 4.20. The standard InChI is InChI=1S/C23H26N4O2/c1-26-18-8-9-19(26)14-20(13-18)27(2)23(28)25-17-4-3-5-22(12-17)29-21-10-6-16(15-24)7-11-21/h3-7,10-12,18-20H,8-9,13-14H2,1-2H3,(H,25,28). The topological polar surface area (TPSA) is 68.6 Å². The van der Waals surface area contributed by atoms with E-state index in [1.54, 1.807) is 24.3 Å². The quantitative estimate of drug-likeness (QED) is 0.838. The van der Waals surface area contributed by atoms with Gasteiger partial charge in [0.05, 0.1) is 11.6 Å². The highest BCUT2D eigenvalue weighted by Crippen LogP contribution is 2.36. The lowest BCUT2D eigenvalue weighted by Crippen LogP contribution is -2.50. The van der Waals surface area contributed by atoms with E-state index in [1.807, 2.05) is 36.2 Å². The number of benzene rings is 2. The fraction of sp³-hybridized carbons (Fsp3) is 0.391. The van der Waals surface area contributed by atoms with E-state index in [0.717, 1.165) is 12.8 Å². The lowest BCUT2D eigenvalue weighted by molar-refractivity contribution is 0.106. The van der Waals surface area contributed by atoms with Crippen LogP contribution in [0.25, 0.3) is 0 Å². The Morgan fingerprint density at radius 2 is 1.83 bits per heavy atom. The second-order valence-corrected chi connectivity index (χ2v) is 7.98. The predicted octanol–water partition coefficient (Wildman–Crippen LogP) is 4.44. The van der Waals surface area contributed by atoms with Crippen molar-refractivity contribution in [3.63, 3.8) is 0 Å². The molecule has 0 aromatic heterocycles. The van der Waals surface area contributed by atoms with Crippen molar-refractivity contribution in [1.29, 1.82) is 5.26 Å². The first-order chi connectivity index (χ1) is 14.0. The van der Waals surface area contributed by atoms with Crippen LogP contribution in [-0.4, -0.2) is 48.1 Å². The van der Waals surface area contributed by atoms with Crippen LogP contribution in [0.2, 0.25) is 0 Å². The van der Waals surface area contributed by atoms with E-state index in [0.29, 0.717) is 34.8 Å². The second-order valence-electron chi connectivity index (χ2n) is 7.98. The molecule has 6 heteroatoms. The number of hydrogen-bond donors (Lipinski definition) is 1. The SMILES string of the molecule is CN(C(=O)Nc1cccc(Oc2ccc(C#N)cc2)c1)C1CC2CCC(C1)N2C. The molecule has 0 saturated carbocycles. The third-order valence-corrected chi connectivity index (χ3v) is 6.25. The fourth-order valence-electron chi connectivity index (χ4n) is 4.45. The number of nitrogens with one attached hydrogen (secondary N) is 1. The molecule has 1 N–H and O–H groups in total. The molecule has 2 aliphatic heterocycles. The number of nitriles is 1. The number of fused-ring (bicyclic) bond motifs is 2. The van der Waals surface area contributed by atoms with Gasteiger partial charge in [0, 0.05) is 36.9 Å². The number of piperidine rings is 1. The van der Waals surface area contributed by atoms with Crippen molar-refractivity contribution in [3.05, 3.63) is 54.1 Å². The van der Waals surface area contributed by atoms with E-state index in [-0.39, 0.29) is 12.1 Å². The molecular formula is C23H26N4O2. The van der Waals surface area contributed by atoms with Gasteiger partial charge in [0.1, 0.15) is 11.5 Å². The molecule has 150 valence electrons. The highest BCUT2D eigenvalue weighted by atomic mass is 16.5. The number of rotatable bonds is 4. The van der Waals surface area contributed by atoms with Gasteiger partial charge in [0.25, 0.3) is 0 Å². The molecule has 2 atom stereocenters. The van der Waals surface area contributed by atoms with E-state index in [4.69, 9.17) is 10.00 Å². The van der Waals surface area contributed by atoms with E-state index in [1.165, 1.54) is 12.8 Å². The Morgan fingerprint density at radius 3 is 2.48 bits per heavy atom. The van der Waals surface area contributed by atoms with Gasteiger partial charge in [-0.1, -0.05) is 6.07 Å². The molecule has 2 amide bonds. The van der Waals surface area contributed by atoms with E-state index in [9.17, 15) is 4.79 Å². The van der Waals surface area contributed by atoms with Crippen molar-refractivity contribution >= 4 is 11.7 Å². The second kappa shape index (κ2) is 8.14. The Kier molecular flexibility index (Phi) is 5.41. The van der Waals surface area contributed by atoms with Crippen LogP contribution < -0.4 is 10.1 Å². The van der Waals surface area contributed by atoms with Crippen LogP contribution in [0, 0.1) is 11.3 Å². The van der Waals surface area contributed by atoms with Crippen molar-refractivity contribution in [3.8, 4) is 17.6 Å². The Morgan fingerprint density at radius 1 is 1.14 bits per heavy atom. The van der Waals surface area contributed by atoms with Crippen molar-refractivity contribution in [2.24, 2.45) is 0 Å². The summed E-state index contributed by atoms with van der Waals surface area (Å²) in [4.78, 5) is 17.1. The Balaban J connectivity index is 1.38. The summed E-state index contributed by atoms with van der Waals surface area (Å²) in [6.07, 6.45) is 4.56. The third-order valence-electron chi connectivity index (χ3n) is 6.25. The Labute approximate surface area is 171 Å².